The molecule has 2 aromatic carbocycles. The molecule has 0 atom stereocenters. The first-order valence-corrected chi connectivity index (χ1v) is 8.51. The summed E-state index contributed by atoms with van der Waals surface area (Å²) in [7, 11) is 0. The minimum absolute atomic E-state index is 0.168. The lowest BCUT2D eigenvalue weighted by Gasteiger charge is -2.22. The second kappa shape index (κ2) is 6.17. The van der Waals surface area contributed by atoms with E-state index < -0.39 is 5.79 Å². The van der Waals surface area contributed by atoms with Crippen molar-refractivity contribution in [2.24, 2.45) is 0 Å². The molecule has 25 heavy (non-hydrogen) atoms. The molecule has 0 N–H and O–H groups in total. The number of rotatable bonds is 4. The molecule has 2 aromatic rings. The highest BCUT2D eigenvalue weighted by Gasteiger charge is 2.55. The maximum Gasteiger partial charge on any atom is 0.292 e. The quantitative estimate of drug-likeness (QED) is 0.859. The van der Waals surface area contributed by atoms with Crippen molar-refractivity contribution in [2.75, 3.05) is 31.3 Å². The Morgan fingerprint density at radius 2 is 1.88 bits per heavy atom. The van der Waals surface area contributed by atoms with Gasteiger partial charge in [0.1, 0.15) is 12.4 Å². The molecular weight excluding hydrogens is 318 g/mol. The highest BCUT2D eigenvalue weighted by molar-refractivity contribution is 6.06. The normalized spacial score (nSPS) is 18.0. The van der Waals surface area contributed by atoms with Crippen molar-refractivity contribution in [1.29, 1.82) is 0 Å². The van der Waals surface area contributed by atoms with Crippen LogP contribution in [0.25, 0.3) is 0 Å². The largest absolute Gasteiger partial charge is 0.491 e. The first-order chi connectivity index (χ1) is 12.1. The molecule has 4 rings (SSSR count). The number of carbonyl (C=O) groups is 1. The molecule has 0 radical (unpaired) electrons. The van der Waals surface area contributed by atoms with Crippen LogP contribution in [0, 0.1) is 13.8 Å². The predicted molar refractivity (Wildman–Crippen MR) is 93.8 cm³/mol. The van der Waals surface area contributed by atoms with Crippen LogP contribution in [0.15, 0.2) is 42.5 Å². The van der Waals surface area contributed by atoms with E-state index >= 15 is 0 Å². The number of carbonyl (C=O) groups excluding carboxylic acids is 1. The molecule has 0 bridgehead atoms. The Bertz CT molecular complexity index is 811. The van der Waals surface area contributed by atoms with Crippen molar-refractivity contribution in [1.82, 2.24) is 0 Å². The van der Waals surface area contributed by atoms with Gasteiger partial charge < -0.3 is 19.1 Å². The van der Waals surface area contributed by atoms with E-state index in [1.165, 1.54) is 0 Å². The van der Waals surface area contributed by atoms with Crippen molar-refractivity contribution >= 4 is 11.6 Å². The summed E-state index contributed by atoms with van der Waals surface area (Å²) >= 11 is 0. The maximum absolute atomic E-state index is 13.0. The third kappa shape index (κ3) is 2.60. The molecular formula is C20H21NO4. The zero-order valence-corrected chi connectivity index (χ0v) is 14.5. The van der Waals surface area contributed by atoms with E-state index in [-0.39, 0.29) is 5.91 Å². The number of aryl methyl sites for hydroxylation is 2. The molecule has 2 heterocycles. The Morgan fingerprint density at radius 1 is 1.12 bits per heavy atom. The fraction of sp³-hybridized carbons (Fsp3) is 0.350. The van der Waals surface area contributed by atoms with Gasteiger partial charge in [-0.2, -0.15) is 0 Å². The second-order valence-electron chi connectivity index (χ2n) is 6.40. The molecule has 0 saturated carbocycles. The third-order valence-corrected chi connectivity index (χ3v) is 4.68. The third-order valence-electron chi connectivity index (χ3n) is 4.68. The fourth-order valence-corrected chi connectivity index (χ4v) is 3.43. The fourth-order valence-electron chi connectivity index (χ4n) is 3.43. The Labute approximate surface area is 147 Å². The smallest absolute Gasteiger partial charge is 0.292 e. The van der Waals surface area contributed by atoms with Gasteiger partial charge in [0.2, 0.25) is 0 Å². The van der Waals surface area contributed by atoms with E-state index in [9.17, 15) is 4.79 Å². The summed E-state index contributed by atoms with van der Waals surface area (Å²) in [6.07, 6.45) is 0. The number of nitrogens with zero attached hydrogens (tertiary/aromatic N) is 1. The molecule has 1 saturated heterocycles. The van der Waals surface area contributed by atoms with Gasteiger partial charge in [-0.3, -0.25) is 4.79 Å². The number of anilines is 1. The Balaban J connectivity index is 1.56. The summed E-state index contributed by atoms with van der Waals surface area (Å²) in [4.78, 5) is 14.7. The van der Waals surface area contributed by atoms with Crippen LogP contribution in [0.2, 0.25) is 0 Å². The summed E-state index contributed by atoms with van der Waals surface area (Å²) in [5.74, 6) is -0.607. The number of fused-ring (bicyclic) bond motifs is 2. The van der Waals surface area contributed by atoms with Crippen LogP contribution in [0.1, 0.15) is 16.7 Å². The van der Waals surface area contributed by atoms with Gasteiger partial charge in [-0.1, -0.05) is 29.8 Å². The van der Waals surface area contributed by atoms with Crippen LogP contribution >= 0.6 is 0 Å². The average molecular weight is 339 g/mol. The van der Waals surface area contributed by atoms with E-state index in [1.54, 1.807) is 4.90 Å². The van der Waals surface area contributed by atoms with Crippen LogP contribution in [-0.2, 0) is 20.1 Å². The first kappa shape index (κ1) is 16.1. The van der Waals surface area contributed by atoms with Crippen LogP contribution in [0.5, 0.6) is 5.75 Å². The number of para-hydroxylation sites is 1. The van der Waals surface area contributed by atoms with Gasteiger partial charge in [0.15, 0.2) is 0 Å². The minimum Gasteiger partial charge on any atom is -0.491 e. The molecule has 2 aliphatic rings. The lowest BCUT2D eigenvalue weighted by atomic mass is 10.0. The summed E-state index contributed by atoms with van der Waals surface area (Å²) in [5, 5.41) is 0. The number of ether oxygens (including phenoxy) is 3. The van der Waals surface area contributed by atoms with E-state index in [4.69, 9.17) is 14.2 Å². The Hall–Kier alpha value is -2.37. The molecule has 1 spiro atoms. The summed E-state index contributed by atoms with van der Waals surface area (Å²) < 4.78 is 17.4. The van der Waals surface area contributed by atoms with Gasteiger partial charge in [-0.25, -0.2) is 0 Å². The Kier molecular flexibility index (Phi) is 3.98. The molecule has 1 fully saturated rings. The van der Waals surface area contributed by atoms with Gasteiger partial charge in [-0.05, 0) is 37.6 Å². The molecule has 5 nitrogen and oxygen atoms in total. The summed E-state index contributed by atoms with van der Waals surface area (Å²) in [6, 6.07) is 13.8. The molecule has 130 valence electrons. The van der Waals surface area contributed by atoms with Crippen molar-refractivity contribution in [3.05, 3.63) is 59.2 Å². The van der Waals surface area contributed by atoms with Crippen LogP contribution in [0.4, 0.5) is 5.69 Å². The topological polar surface area (TPSA) is 48.0 Å². The zero-order valence-electron chi connectivity index (χ0n) is 14.5. The molecule has 0 aliphatic carbocycles. The van der Waals surface area contributed by atoms with Gasteiger partial charge in [-0.15, -0.1) is 0 Å². The van der Waals surface area contributed by atoms with Crippen molar-refractivity contribution in [3.8, 4) is 5.75 Å². The maximum atomic E-state index is 13.0. The minimum atomic E-state index is -1.27. The predicted octanol–water partition coefficient (Wildman–Crippen LogP) is 2.93. The van der Waals surface area contributed by atoms with E-state index in [1.807, 2.05) is 56.3 Å². The summed E-state index contributed by atoms with van der Waals surface area (Å²) in [6.45, 7) is 5.69. The van der Waals surface area contributed by atoms with Crippen molar-refractivity contribution < 1.29 is 19.0 Å². The lowest BCUT2D eigenvalue weighted by Crippen LogP contribution is -2.42. The SMILES string of the molecule is Cc1ccc2c(c1)C1(OCCO1)C(=O)N2CCOc1ccccc1C. The number of amides is 1. The molecule has 0 unspecified atom stereocenters. The first-order valence-electron chi connectivity index (χ1n) is 8.51. The molecule has 1 amide bonds. The van der Waals surface area contributed by atoms with Gasteiger partial charge in [0.05, 0.1) is 25.4 Å². The summed E-state index contributed by atoms with van der Waals surface area (Å²) in [5.41, 5.74) is 3.78. The van der Waals surface area contributed by atoms with Crippen LogP contribution in [-0.4, -0.2) is 32.3 Å². The molecule has 0 aromatic heterocycles. The van der Waals surface area contributed by atoms with Gasteiger partial charge >= 0.3 is 0 Å². The second-order valence-corrected chi connectivity index (χ2v) is 6.40. The van der Waals surface area contributed by atoms with Gasteiger partial charge in [0.25, 0.3) is 11.7 Å². The average Bonchev–Trinajstić information content (AvgIpc) is 3.18. The Morgan fingerprint density at radius 3 is 2.64 bits per heavy atom. The lowest BCUT2D eigenvalue weighted by molar-refractivity contribution is -0.180. The van der Waals surface area contributed by atoms with Crippen molar-refractivity contribution in [2.45, 2.75) is 19.6 Å². The van der Waals surface area contributed by atoms with Crippen LogP contribution in [0.3, 0.4) is 0 Å². The van der Waals surface area contributed by atoms with E-state index in [0.717, 1.165) is 28.1 Å². The number of hydrogen-bond donors (Lipinski definition) is 0. The highest BCUT2D eigenvalue weighted by Crippen LogP contribution is 2.45. The molecule has 2 aliphatic heterocycles. The van der Waals surface area contributed by atoms with Crippen molar-refractivity contribution in [3.63, 3.8) is 0 Å². The van der Waals surface area contributed by atoms with Crippen LogP contribution < -0.4 is 9.64 Å². The molecule has 5 heteroatoms. The zero-order chi connectivity index (χ0) is 17.4. The van der Waals surface area contributed by atoms with E-state index in [0.29, 0.717) is 26.4 Å². The monoisotopic (exact) mass is 339 g/mol. The van der Waals surface area contributed by atoms with E-state index in [2.05, 4.69) is 0 Å². The number of hydrogen-bond acceptors (Lipinski definition) is 4. The number of benzene rings is 2. The standard InChI is InChI=1S/C20H21NO4/c1-14-7-8-17-16(13-14)20(24-11-12-25-20)19(22)21(17)9-10-23-18-6-4-3-5-15(18)2/h3-8,13H,9-12H2,1-2H3. The highest BCUT2D eigenvalue weighted by atomic mass is 16.7. The van der Waals surface area contributed by atoms with Gasteiger partial charge in [0, 0.05) is 5.56 Å².